The van der Waals surface area contributed by atoms with Crippen molar-refractivity contribution in [2.75, 3.05) is 32.8 Å². The molecule has 1 saturated heterocycles. The predicted octanol–water partition coefficient (Wildman–Crippen LogP) is 4.67. The molecular weight excluding hydrogens is 356 g/mol. The molecule has 3 aliphatic rings. The summed E-state index contributed by atoms with van der Waals surface area (Å²) in [6.45, 7) is 8.04. The van der Waals surface area contributed by atoms with Gasteiger partial charge in [-0.25, -0.2) is 0 Å². The Morgan fingerprint density at radius 1 is 0.862 bits per heavy atom. The summed E-state index contributed by atoms with van der Waals surface area (Å²) in [5.41, 5.74) is 6.06. The van der Waals surface area contributed by atoms with Gasteiger partial charge in [-0.3, -0.25) is 4.90 Å². The van der Waals surface area contributed by atoms with Gasteiger partial charge < -0.3 is 9.64 Å². The highest BCUT2D eigenvalue weighted by Crippen LogP contribution is 2.30. The summed E-state index contributed by atoms with van der Waals surface area (Å²) < 4.78 is 6.11. The normalized spacial score (nSPS) is 21.9. The monoisotopic (exact) mass is 390 g/mol. The fraction of sp³-hybridized carbons (Fsp3) is 0.538. The number of likely N-dealkylation sites (tertiary alicyclic amines) is 1. The van der Waals surface area contributed by atoms with Gasteiger partial charge in [-0.15, -0.1) is 0 Å². The molecule has 2 heterocycles. The second kappa shape index (κ2) is 8.89. The lowest BCUT2D eigenvalue weighted by Gasteiger charge is -2.28. The Kier molecular flexibility index (Phi) is 5.87. The lowest BCUT2D eigenvalue weighted by Crippen LogP contribution is -2.30. The number of fused-ring (bicyclic) bond motifs is 2. The maximum absolute atomic E-state index is 6.11. The van der Waals surface area contributed by atoms with E-state index in [1.807, 2.05) is 0 Å². The number of ether oxygens (including phenoxy) is 1. The molecule has 0 bridgehead atoms. The van der Waals surface area contributed by atoms with Crippen molar-refractivity contribution >= 4 is 0 Å². The lowest BCUT2D eigenvalue weighted by atomic mass is 9.83. The summed E-state index contributed by atoms with van der Waals surface area (Å²) in [7, 11) is 0. The number of hydrogen-bond acceptors (Lipinski definition) is 3. The number of nitrogens with zero attached hydrogens (tertiary/aromatic N) is 2. The minimum absolute atomic E-state index is 0.809. The molecule has 1 aliphatic carbocycles. The van der Waals surface area contributed by atoms with E-state index in [1.165, 1.54) is 68.4 Å². The van der Waals surface area contributed by atoms with E-state index in [2.05, 4.69) is 52.3 Å². The molecule has 1 fully saturated rings. The largest absolute Gasteiger partial charge is 0.494 e. The summed E-state index contributed by atoms with van der Waals surface area (Å²) >= 11 is 0. The average molecular weight is 391 g/mol. The summed E-state index contributed by atoms with van der Waals surface area (Å²) in [5.74, 6) is 1.91. The highest BCUT2D eigenvalue weighted by atomic mass is 16.5. The molecule has 0 amide bonds. The van der Waals surface area contributed by atoms with E-state index < -0.39 is 0 Å². The third-order valence-electron chi connectivity index (χ3n) is 7.02. The van der Waals surface area contributed by atoms with Gasteiger partial charge in [0, 0.05) is 26.2 Å². The van der Waals surface area contributed by atoms with Crippen LogP contribution in [0.15, 0.2) is 42.5 Å². The fourth-order valence-electron chi connectivity index (χ4n) is 5.42. The third kappa shape index (κ3) is 4.67. The Balaban J connectivity index is 1.06. The summed E-state index contributed by atoms with van der Waals surface area (Å²) in [4.78, 5) is 5.20. The zero-order chi connectivity index (χ0) is 19.5. The maximum Gasteiger partial charge on any atom is 0.119 e. The molecule has 0 saturated carbocycles. The van der Waals surface area contributed by atoms with Gasteiger partial charge in [0.15, 0.2) is 0 Å². The molecule has 0 radical (unpaired) electrons. The van der Waals surface area contributed by atoms with Crippen LogP contribution >= 0.6 is 0 Å². The first kappa shape index (κ1) is 19.1. The first-order valence-corrected chi connectivity index (χ1v) is 11.6. The van der Waals surface area contributed by atoms with E-state index in [0.29, 0.717) is 0 Å². The Bertz CT molecular complexity index is 802. The van der Waals surface area contributed by atoms with Gasteiger partial charge in [-0.1, -0.05) is 30.3 Å². The SMILES string of the molecule is c1ccc2c(c1)CN(CCCOc1ccc3c(c1)CCC(CN1CCCC1)C3)C2. The van der Waals surface area contributed by atoms with Crippen molar-refractivity contribution in [2.24, 2.45) is 5.92 Å². The molecular formula is C26H34N2O. The van der Waals surface area contributed by atoms with Crippen molar-refractivity contribution in [3.05, 3.63) is 64.7 Å². The fourth-order valence-corrected chi connectivity index (χ4v) is 5.42. The van der Waals surface area contributed by atoms with Crippen LogP contribution in [0.5, 0.6) is 5.75 Å². The van der Waals surface area contributed by atoms with Crippen LogP contribution in [-0.2, 0) is 25.9 Å². The Morgan fingerprint density at radius 3 is 2.45 bits per heavy atom. The van der Waals surface area contributed by atoms with E-state index >= 15 is 0 Å². The van der Waals surface area contributed by atoms with Crippen molar-refractivity contribution < 1.29 is 4.74 Å². The molecule has 2 aromatic carbocycles. The number of hydrogen-bond donors (Lipinski definition) is 0. The average Bonchev–Trinajstić information content (AvgIpc) is 3.40. The molecule has 0 N–H and O–H groups in total. The third-order valence-corrected chi connectivity index (χ3v) is 7.02. The van der Waals surface area contributed by atoms with Crippen LogP contribution in [0.4, 0.5) is 0 Å². The summed E-state index contributed by atoms with van der Waals surface area (Å²) in [5, 5.41) is 0. The molecule has 2 aromatic rings. The Hall–Kier alpha value is -1.84. The maximum atomic E-state index is 6.11. The van der Waals surface area contributed by atoms with Crippen LogP contribution in [0, 0.1) is 5.92 Å². The summed E-state index contributed by atoms with van der Waals surface area (Å²) in [6.07, 6.45) is 7.69. The van der Waals surface area contributed by atoms with E-state index in [-0.39, 0.29) is 0 Å². The van der Waals surface area contributed by atoms with Crippen molar-refractivity contribution in [1.82, 2.24) is 9.80 Å². The molecule has 3 nitrogen and oxygen atoms in total. The molecule has 5 rings (SSSR count). The zero-order valence-corrected chi connectivity index (χ0v) is 17.6. The van der Waals surface area contributed by atoms with E-state index in [9.17, 15) is 0 Å². The highest BCUT2D eigenvalue weighted by molar-refractivity contribution is 5.37. The zero-order valence-electron chi connectivity index (χ0n) is 17.6. The van der Waals surface area contributed by atoms with E-state index in [0.717, 1.165) is 44.3 Å². The van der Waals surface area contributed by atoms with Crippen molar-refractivity contribution in [3.8, 4) is 5.75 Å². The van der Waals surface area contributed by atoms with Crippen LogP contribution in [0.2, 0.25) is 0 Å². The number of rotatable bonds is 7. The Labute approximate surface area is 175 Å². The minimum Gasteiger partial charge on any atom is -0.494 e. The van der Waals surface area contributed by atoms with Gasteiger partial charge in [-0.05, 0) is 91.9 Å². The van der Waals surface area contributed by atoms with Gasteiger partial charge in [0.25, 0.3) is 0 Å². The van der Waals surface area contributed by atoms with Crippen LogP contribution in [0.1, 0.15) is 47.9 Å². The molecule has 154 valence electrons. The highest BCUT2D eigenvalue weighted by Gasteiger charge is 2.23. The minimum atomic E-state index is 0.809. The van der Waals surface area contributed by atoms with Crippen LogP contribution in [0.25, 0.3) is 0 Å². The molecule has 1 atom stereocenters. The van der Waals surface area contributed by atoms with Crippen LogP contribution in [0.3, 0.4) is 0 Å². The van der Waals surface area contributed by atoms with E-state index in [4.69, 9.17) is 4.74 Å². The van der Waals surface area contributed by atoms with Crippen molar-refractivity contribution in [1.29, 1.82) is 0 Å². The molecule has 0 aromatic heterocycles. The van der Waals surface area contributed by atoms with Gasteiger partial charge in [0.2, 0.25) is 0 Å². The molecule has 3 heteroatoms. The topological polar surface area (TPSA) is 15.7 Å². The first-order valence-electron chi connectivity index (χ1n) is 11.6. The lowest BCUT2D eigenvalue weighted by molar-refractivity contribution is 0.237. The van der Waals surface area contributed by atoms with Gasteiger partial charge >= 0.3 is 0 Å². The number of aryl methyl sites for hydroxylation is 1. The predicted molar refractivity (Wildman–Crippen MR) is 118 cm³/mol. The molecule has 0 spiro atoms. The van der Waals surface area contributed by atoms with Crippen LogP contribution in [-0.4, -0.2) is 42.6 Å². The van der Waals surface area contributed by atoms with Gasteiger partial charge in [0.05, 0.1) is 6.61 Å². The van der Waals surface area contributed by atoms with Gasteiger partial charge in [-0.2, -0.15) is 0 Å². The second-order valence-corrected chi connectivity index (χ2v) is 9.23. The summed E-state index contributed by atoms with van der Waals surface area (Å²) in [6, 6.07) is 15.7. The Morgan fingerprint density at radius 2 is 1.66 bits per heavy atom. The smallest absolute Gasteiger partial charge is 0.119 e. The first-order chi connectivity index (χ1) is 14.3. The second-order valence-electron chi connectivity index (χ2n) is 9.23. The molecule has 2 aliphatic heterocycles. The number of benzene rings is 2. The van der Waals surface area contributed by atoms with Crippen LogP contribution < -0.4 is 4.74 Å². The van der Waals surface area contributed by atoms with Crippen molar-refractivity contribution in [2.45, 2.75) is 51.6 Å². The van der Waals surface area contributed by atoms with E-state index in [1.54, 1.807) is 5.56 Å². The molecule has 1 unspecified atom stereocenters. The quantitative estimate of drug-likeness (QED) is 0.639. The molecule has 29 heavy (non-hydrogen) atoms. The standard InChI is InChI=1S/C26H34N2O/c1-2-7-25-20-28(19-24(25)6-1)14-5-15-29-26-11-10-22-16-21(8-9-23(22)17-26)18-27-12-3-4-13-27/h1-2,6-7,10-11,17,21H,3-5,8-9,12-16,18-20H2. The van der Waals surface area contributed by atoms with Gasteiger partial charge in [0.1, 0.15) is 5.75 Å². The van der Waals surface area contributed by atoms with Crippen molar-refractivity contribution in [3.63, 3.8) is 0 Å².